The first kappa shape index (κ1) is 35.7. The maximum Gasteiger partial charge on any atom is 0.408 e. The lowest BCUT2D eigenvalue weighted by Gasteiger charge is -2.24. The Kier molecular flexibility index (Phi) is 11.2. The van der Waals surface area contributed by atoms with Gasteiger partial charge in [-0.05, 0) is 104 Å². The summed E-state index contributed by atoms with van der Waals surface area (Å²) in [6.45, 7) is 16.6. The molecular formula is C33H49N5O6S. The Morgan fingerprint density at radius 3 is 2.33 bits per heavy atom. The zero-order chi connectivity index (χ0) is 33.7. The summed E-state index contributed by atoms with van der Waals surface area (Å²) in [6, 6.07) is 8.70. The van der Waals surface area contributed by atoms with Crippen LogP contribution in [0.5, 0.6) is 5.75 Å². The van der Waals surface area contributed by atoms with Gasteiger partial charge in [-0.25, -0.2) is 17.9 Å². The van der Waals surface area contributed by atoms with Crippen LogP contribution >= 0.6 is 0 Å². The number of carbonyl (C=O) groups excluding carboxylic acids is 2. The topological polar surface area (TPSA) is 161 Å². The zero-order valence-electron chi connectivity index (χ0n) is 28.0. The largest absolute Gasteiger partial charge is 0.487 e. The van der Waals surface area contributed by atoms with Gasteiger partial charge in [0.25, 0.3) is 10.0 Å². The minimum atomic E-state index is -4.04. The summed E-state index contributed by atoms with van der Waals surface area (Å²) >= 11 is 0. The number of nitrogens with two attached hydrogens (primary N) is 1. The number of carbonyl (C=O) groups is 2. The summed E-state index contributed by atoms with van der Waals surface area (Å²) in [7, 11) is -4.04. The summed E-state index contributed by atoms with van der Waals surface area (Å²) in [6.07, 6.45) is 1.08. The number of hydrogen-bond donors (Lipinski definition) is 4. The van der Waals surface area contributed by atoms with Crippen molar-refractivity contribution in [2.45, 2.75) is 116 Å². The third-order valence-electron chi connectivity index (χ3n) is 7.51. The van der Waals surface area contributed by atoms with E-state index in [1.165, 1.54) is 0 Å². The van der Waals surface area contributed by atoms with Crippen molar-refractivity contribution in [1.82, 2.24) is 15.4 Å². The van der Waals surface area contributed by atoms with Gasteiger partial charge in [-0.15, -0.1) is 0 Å². The lowest BCUT2D eigenvalue weighted by molar-refractivity contribution is -0.124. The molecule has 0 fully saturated rings. The Bertz CT molecular complexity index is 1530. The molecule has 3 rings (SSSR count). The van der Waals surface area contributed by atoms with Crippen LogP contribution < -0.4 is 25.8 Å². The summed E-state index contributed by atoms with van der Waals surface area (Å²) in [5.41, 5.74) is 8.81. The molecule has 0 saturated carbocycles. The van der Waals surface area contributed by atoms with Crippen molar-refractivity contribution in [3.63, 3.8) is 0 Å². The molecule has 0 aliphatic carbocycles. The highest BCUT2D eigenvalue weighted by atomic mass is 32.2. The molecule has 0 aromatic heterocycles. The molecule has 0 radical (unpaired) electrons. The lowest BCUT2D eigenvalue weighted by atomic mass is 9.94. The summed E-state index contributed by atoms with van der Waals surface area (Å²) in [5.74, 6) is 0.122. The Hall–Kier alpha value is -3.80. The van der Waals surface area contributed by atoms with Crippen LogP contribution in [0.4, 0.5) is 4.79 Å². The van der Waals surface area contributed by atoms with E-state index in [0.29, 0.717) is 30.4 Å². The number of amides is 2. The molecule has 2 amide bonds. The van der Waals surface area contributed by atoms with Gasteiger partial charge in [0.05, 0.1) is 4.90 Å². The van der Waals surface area contributed by atoms with Crippen molar-refractivity contribution in [2.75, 3.05) is 6.54 Å². The van der Waals surface area contributed by atoms with Crippen LogP contribution in [-0.2, 0) is 32.4 Å². The number of benzene rings is 2. The van der Waals surface area contributed by atoms with Gasteiger partial charge in [0, 0.05) is 24.6 Å². The molecule has 2 aromatic rings. The first-order valence-corrected chi connectivity index (χ1v) is 16.8. The van der Waals surface area contributed by atoms with E-state index in [1.807, 2.05) is 58.0 Å². The maximum absolute atomic E-state index is 13.5. The van der Waals surface area contributed by atoms with Crippen LogP contribution in [0.3, 0.4) is 0 Å². The molecule has 12 heteroatoms. The lowest BCUT2D eigenvalue weighted by Crippen LogP contribution is -2.50. The maximum atomic E-state index is 13.5. The number of nitrogens with zero attached hydrogens (tertiary/aromatic N) is 1. The average molecular weight is 644 g/mol. The minimum Gasteiger partial charge on any atom is -0.487 e. The van der Waals surface area contributed by atoms with E-state index in [9.17, 15) is 18.0 Å². The second-order valence-electron chi connectivity index (χ2n) is 13.4. The van der Waals surface area contributed by atoms with Gasteiger partial charge in [0.15, 0.2) is 0 Å². The van der Waals surface area contributed by atoms with Gasteiger partial charge >= 0.3 is 6.09 Å². The Morgan fingerprint density at radius 2 is 1.71 bits per heavy atom. The number of guanidine groups is 1. The van der Waals surface area contributed by atoms with Crippen LogP contribution in [0.25, 0.3) is 0 Å². The number of ether oxygens (including phenoxy) is 2. The van der Waals surface area contributed by atoms with E-state index in [-0.39, 0.29) is 35.8 Å². The number of nitrogens with one attached hydrogen (secondary N) is 3. The van der Waals surface area contributed by atoms with Crippen molar-refractivity contribution in [3.05, 3.63) is 58.1 Å². The van der Waals surface area contributed by atoms with Crippen molar-refractivity contribution in [2.24, 2.45) is 10.7 Å². The molecule has 248 valence electrons. The van der Waals surface area contributed by atoms with Crippen molar-refractivity contribution >= 4 is 28.0 Å². The van der Waals surface area contributed by atoms with Crippen LogP contribution in [0.15, 0.2) is 40.2 Å². The SMILES string of the molecule is Cc1c(C)c(S(=O)(=O)NC(N)=NCCC[C@H](NC(=O)OC(C)(C)C)C(=O)N[C@@H](C)Cc2ccccc2)c(C)c2c1OC(C)(C)C2. The van der Waals surface area contributed by atoms with Crippen LogP contribution in [0.2, 0.25) is 0 Å². The first-order chi connectivity index (χ1) is 20.8. The third kappa shape index (κ3) is 9.84. The number of alkyl carbamates (subject to hydrolysis) is 1. The first-order valence-electron chi connectivity index (χ1n) is 15.3. The highest BCUT2D eigenvalue weighted by Crippen LogP contribution is 2.43. The highest BCUT2D eigenvalue weighted by Gasteiger charge is 2.36. The summed E-state index contributed by atoms with van der Waals surface area (Å²) < 4.78 is 40.8. The predicted octanol–water partition coefficient (Wildman–Crippen LogP) is 4.34. The van der Waals surface area contributed by atoms with Crippen molar-refractivity contribution in [3.8, 4) is 5.75 Å². The fraction of sp³-hybridized carbons (Fsp3) is 0.545. The quantitative estimate of drug-likeness (QED) is 0.161. The van der Waals surface area contributed by atoms with Crippen LogP contribution in [0.1, 0.15) is 82.2 Å². The van der Waals surface area contributed by atoms with E-state index < -0.39 is 33.4 Å². The number of aliphatic imine (C=N–C) groups is 1. The van der Waals surface area contributed by atoms with Crippen LogP contribution in [-0.4, -0.2) is 56.2 Å². The van der Waals surface area contributed by atoms with E-state index >= 15 is 0 Å². The van der Waals surface area contributed by atoms with Gasteiger partial charge < -0.3 is 25.8 Å². The number of fused-ring (bicyclic) bond motifs is 1. The number of rotatable bonds is 11. The monoisotopic (exact) mass is 643 g/mol. The predicted molar refractivity (Wildman–Crippen MR) is 176 cm³/mol. The Balaban J connectivity index is 1.67. The van der Waals surface area contributed by atoms with Gasteiger partial charge in [-0.2, -0.15) is 0 Å². The second-order valence-corrected chi connectivity index (χ2v) is 15.0. The van der Waals surface area contributed by atoms with Crippen LogP contribution in [0, 0.1) is 20.8 Å². The molecule has 1 aliphatic rings. The molecule has 45 heavy (non-hydrogen) atoms. The summed E-state index contributed by atoms with van der Waals surface area (Å²) in [5, 5.41) is 5.62. The highest BCUT2D eigenvalue weighted by molar-refractivity contribution is 7.90. The van der Waals surface area contributed by atoms with Crippen molar-refractivity contribution < 1.29 is 27.5 Å². The van der Waals surface area contributed by atoms with Gasteiger partial charge in [-0.3, -0.25) is 9.79 Å². The van der Waals surface area contributed by atoms with E-state index in [0.717, 1.165) is 22.4 Å². The minimum absolute atomic E-state index is 0.122. The average Bonchev–Trinajstić information content (AvgIpc) is 3.24. The van der Waals surface area contributed by atoms with E-state index in [2.05, 4.69) is 20.3 Å². The van der Waals surface area contributed by atoms with Gasteiger partial charge in [0.2, 0.25) is 11.9 Å². The molecule has 0 bridgehead atoms. The standard InChI is InChI=1S/C33H49N5O6S/c1-20(18-24-14-11-10-12-15-24)36-29(39)26(37-31(40)44-32(5,6)7)16-13-17-35-30(34)38-45(41,42)28-22(3)21(2)27-25(23(28)4)19-33(8,9)43-27/h10-12,14-15,20,26H,13,16-19H2,1-9H3,(H,36,39)(H,37,40)(H3,34,35,38)/t20-,26-/m0/s1. The fourth-order valence-electron chi connectivity index (χ4n) is 5.44. The molecule has 1 aliphatic heterocycles. The fourth-order valence-corrected chi connectivity index (χ4v) is 6.97. The number of hydrogen-bond acceptors (Lipinski definition) is 7. The molecular weight excluding hydrogens is 594 g/mol. The molecule has 11 nitrogen and oxygen atoms in total. The van der Waals surface area contributed by atoms with Gasteiger partial charge in [-0.1, -0.05) is 30.3 Å². The second kappa shape index (κ2) is 14.1. The Labute approximate surface area is 267 Å². The Morgan fingerprint density at radius 1 is 1.07 bits per heavy atom. The van der Waals surface area contributed by atoms with Crippen molar-refractivity contribution in [1.29, 1.82) is 0 Å². The molecule has 2 atom stereocenters. The molecule has 0 unspecified atom stereocenters. The molecule has 0 saturated heterocycles. The summed E-state index contributed by atoms with van der Waals surface area (Å²) in [4.78, 5) is 30.1. The number of sulfonamides is 1. The van der Waals surface area contributed by atoms with E-state index in [1.54, 1.807) is 34.6 Å². The molecule has 2 aromatic carbocycles. The van der Waals surface area contributed by atoms with Gasteiger partial charge in [0.1, 0.15) is 23.0 Å². The van der Waals surface area contributed by atoms with E-state index in [4.69, 9.17) is 15.2 Å². The zero-order valence-corrected chi connectivity index (χ0v) is 28.8. The molecule has 0 spiro atoms. The molecule has 5 N–H and O–H groups in total. The smallest absolute Gasteiger partial charge is 0.408 e. The molecule has 1 heterocycles. The normalized spacial score (nSPS) is 15.8. The third-order valence-corrected chi connectivity index (χ3v) is 9.14.